The molecule has 0 saturated carbocycles. The summed E-state index contributed by atoms with van der Waals surface area (Å²) in [5.74, 6) is -0.771. The van der Waals surface area contributed by atoms with Gasteiger partial charge in [-0.05, 0) is 41.8 Å². The number of carbonyl (C=O) groups is 2. The van der Waals surface area contributed by atoms with Gasteiger partial charge in [0.1, 0.15) is 18.3 Å². The molecule has 0 spiro atoms. The first kappa shape index (κ1) is 20.2. The maximum atomic E-state index is 12.2. The van der Waals surface area contributed by atoms with Gasteiger partial charge in [-0.25, -0.2) is 4.99 Å². The number of nitrogens with two attached hydrogens (primary N) is 2. The Kier molecular flexibility index (Phi) is 6.01. The molecule has 1 fully saturated rings. The minimum Gasteiger partial charge on any atom is -0.491 e. The third-order valence-corrected chi connectivity index (χ3v) is 4.94. The number of nitrogens with zero attached hydrogens (tertiary/aromatic N) is 2. The number of esters is 1. The van der Waals surface area contributed by atoms with Gasteiger partial charge in [-0.1, -0.05) is 24.3 Å². The lowest BCUT2D eigenvalue weighted by molar-refractivity contribution is -0.150. The standard InChI is InChI=1S/C21H24N4O4/c1-25-16(11-18(19(25)26)20(27)28-2)12-29-17-9-5-14(6-10-17)13-3-7-15(8-4-13)24-21(22)23/h3-10,16,18H,11-12H2,1-2H3,(H4,22,23,24)/t16-,18-/m0/s1. The second-order valence-electron chi connectivity index (χ2n) is 6.83. The molecule has 1 aliphatic rings. The Morgan fingerprint density at radius 2 is 1.69 bits per heavy atom. The molecule has 8 nitrogen and oxygen atoms in total. The number of likely N-dealkylation sites (tertiary alicyclic amines) is 1. The summed E-state index contributed by atoms with van der Waals surface area (Å²) >= 11 is 0. The average molecular weight is 396 g/mol. The molecule has 2 aromatic carbocycles. The monoisotopic (exact) mass is 396 g/mol. The van der Waals surface area contributed by atoms with Crippen LogP contribution in [0.15, 0.2) is 53.5 Å². The van der Waals surface area contributed by atoms with Crippen LogP contribution in [-0.4, -0.2) is 49.5 Å². The molecular formula is C21H24N4O4. The number of hydrogen-bond donors (Lipinski definition) is 2. The van der Waals surface area contributed by atoms with Crippen LogP contribution in [-0.2, 0) is 14.3 Å². The van der Waals surface area contributed by atoms with Gasteiger partial charge in [0, 0.05) is 7.05 Å². The number of guanidine groups is 1. The molecule has 29 heavy (non-hydrogen) atoms. The highest BCUT2D eigenvalue weighted by molar-refractivity contribution is 5.99. The van der Waals surface area contributed by atoms with E-state index < -0.39 is 11.9 Å². The van der Waals surface area contributed by atoms with E-state index in [1.807, 2.05) is 48.5 Å². The van der Waals surface area contributed by atoms with Crippen LogP contribution in [0.2, 0.25) is 0 Å². The second kappa shape index (κ2) is 8.64. The van der Waals surface area contributed by atoms with E-state index in [1.165, 1.54) is 7.11 Å². The molecule has 1 amide bonds. The van der Waals surface area contributed by atoms with E-state index in [-0.39, 0.29) is 17.9 Å². The second-order valence-corrected chi connectivity index (χ2v) is 6.83. The van der Waals surface area contributed by atoms with Gasteiger partial charge in [-0.3, -0.25) is 9.59 Å². The van der Waals surface area contributed by atoms with Gasteiger partial charge in [0.25, 0.3) is 0 Å². The quantitative estimate of drug-likeness (QED) is 0.332. The van der Waals surface area contributed by atoms with Crippen molar-refractivity contribution in [3.8, 4) is 16.9 Å². The lowest BCUT2D eigenvalue weighted by Gasteiger charge is -2.20. The molecule has 2 atom stereocenters. The molecule has 3 rings (SSSR count). The number of aliphatic imine (C=N–C) groups is 1. The van der Waals surface area contributed by atoms with E-state index in [2.05, 4.69) is 4.99 Å². The Morgan fingerprint density at radius 3 is 2.24 bits per heavy atom. The van der Waals surface area contributed by atoms with Crippen molar-refractivity contribution in [3.05, 3.63) is 48.5 Å². The van der Waals surface area contributed by atoms with Crippen LogP contribution in [0.25, 0.3) is 11.1 Å². The fourth-order valence-corrected chi connectivity index (χ4v) is 3.29. The first-order valence-corrected chi connectivity index (χ1v) is 9.16. The van der Waals surface area contributed by atoms with Gasteiger partial charge in [-0.2, -0.15) is 0 Å². The Morgan fingerprint density at radius 1 is 1.10 bits per heavy atom. The minimum atomic E-state index is -0.747. The largest absolute Gasteiger partial charge is 0.491 e. The molecular weight excluding hydrogens is 372 g/mol. The van der Waals surface area contributed by atoms with Gasteiger partial charge < -0.3 is 25.8 Å². The van der Waals surface area contributed by atoms with Gasteiger partial charge >= 0.3 is 5.97 Å². The summed E-state index contributed by atoms with van der Waals surface area (Å²) < 4.78 is 10.5. The van der Waals surface area contributed by atoms with E-state index in [4.69, 9.17) is 20.9 Å². The van der Waals surface area contributed by atoms with Crippen molar-refractivity contribution in [3.63, 3.8) is 0 Å². The minimum absolute atomic E-state index is 0.0202. The fourth-order valence-electron chi connectivity index (χ4n) is 3.29. The predicted octanol–water partition coefficient (Wildman–Crippen LogP) is 1.66. The number of rotatable bonds is 6. The van der Waals surface area contributed by atoms with Gasteiger partial charge in [0.05, 0.1) is 18.8 Å². The summed E-state index contributed by atoms with van der Waals surface area (Å²) in [6.07, 6.45) is 0.391. The maximum Gasteiger partial charge on any atom is 0.318 e. The molecule has 0 unspecified atom stereocenters. The van der Waals surface area contributed by atoms with Gasteiger partial charge in [0.2, 0.25) is 5.91 Å². The summed E-state index contributed by atoms with van der Waals surface area (Å²) in [6, 6.07) is 15.0. The van der Waals surface area contributed by atoms with E-state index in [0.29, 0.717) is 24.5 Å². The highest BCUT2D eigenvalue weighted by Gasteiger charge is 2.42. The number of benzene rings is 2. The summed E-state index contributed by atoms with van der Waals surface area (Å²) in [5, 5.41) is 0. The van der Waals surface area contributed by atoms with Gasteiger partial charge in [-0.15, -0.1) is 0 Å². The van der Waals surface area contributed by atoms with Crippen LogP contribution < -0.4 is 16.2 Å². The summed E-state index contributed by atoms with van der Waals surface area (Å²) in [5.41, 5.74) is 13.5. The van der Waals surface area contributed by atoms with Crippen molar-refractivity contribution in [2.45, 2.75) is 12.5 Å². The van der Waals surface area contributed by atoms with Crippen molar-refractivity contribution >= 4 is 23.5 Å². The Labute approximate surface area is 169 Å². The zero-order valence-electron chi connectivity index (χ0n) is 16.4. The molecule has 0 bridgehead atoms. The number of carbonyl (C=O) groups excluding carboxylic acids is 2. The zero-order valence-corrected chi connectivity index (χ0v) is 16.4. The Hall–Kier alpha value is -3.55. The number of ether oxygens (including phenoxy) is 2. The normalized spacial score (nSPS) is 18.4. The molecule has 1 saturated heterocycles. The lowest BCUT2D eigenvalue weighted by atomic mass is 10.1. The molecule has 4 N–H and O–H groups in total. The lowest BCUT2D eigenvalue weighted by Crippen LogP contribution is -2.34. The van der Waals surface area contributed by atoms with Crippen molar-refractivity contribution < 1.29 is 19.1 Å². The highest BCUT2D eigenvalue weighted by Crippen LogP contribution is 2.27. The summed E-state index contributed by atoms with van der Waals surface area (Å²) in [6.45, 7) is 0.308. The van der Waals surface area contributed by atoms with E-state index in [1.54, 1.807) is 11.9 Å². The summed E-state index contributed by atoms with van der Waals surface area (Å²) in [7, 11) is 2.96. The van der Waals surface area contributed by atoms with Crippen LogP contribution in [0.4, 0.5) is 5.69 Å². The van der Waals surface area contributed by atoms with E-state index >= 15 is 0 Å². The molecule has 2 aromatic rings. The first-order valence-electron chi connectivity index (χ1n) is 9.16. The molecule has 152 valence electrons. The molecule has 0 aromatic heterocycles. The topological polar surface area (TPSA) is 120 Å². The number of likely N-dealkylation sites (N-methyl/N-ethyl adjacent to an activating group) is 1. The third-order valence-electron chi connectivity index (χ3n) is 4.94. The first-order chi connectivity index (χ1) is 13.9. The van der Waals surface area contributed by atoms with Crippen molar-refractivity contribution in [1.29, 1.82) is 0 Å². The SMILES string of the molecule is COC(=O)[C@H]1C[C@@H](COc2ccc(-c3ccc(N=C(N)N)cc3)cc2)N(C)C1=O. The summed E-state index contributed by atoms with van der Waals surface area (Å²) in [4.78, 5) is 29.4. The van der Waals surface area contributed by atoms with Crippen molar-refractivity contribution in [2.24, 2.45) is 22.4 Å². The number of hydrogen-bond acceptors (Lipinski definition) is 5. The van der Waals surface area contributed by atoms with Crippen LogP contribution in [0, 0.1) is 5.92 Å². The van der Waals surface area contributed by atoms with Crippen molar-refractivity contribution in [2.75, 3.05) is 20.8 Å². The molecule has 8 heteroatoms. The Bertz CT molecular complexity index is 905. The van der Waals surface area contributed by atoms with Crippen LogP contribution >= 0.6 is 0 Å². The third kappa shape index (κ3) is 4.66. The van der Waals surface area contributed by atoms with Crippen LogP contribution in [0.3, 0.4) is 0 Å². The van der Waals surface area contributed by atoms with E-state index in [0.717, 1.165) is 11.1 Å². The number of amides is 1. The molecule has 1 aliphatic heterocycles. The zero-order chi connectivity index (χ0) is 21.0. The smallest absolute Gasteiger partial charge is 0.318 e. The van der Waals surface area contributed by atoms with Crippen LogP contribution in [0.5, 0.6) is 5.75 Å². The van der Waals surface area contributed by atoms with Crippen molar-refractivity contribution in [1.82, 2.24) is 4.90 Å². The number of methoxy groups -OCH3 is 1. The molecule has 0 aliphatic carbocycles. The van der Waals surface area contributed by atoms with Crippen LogP contribution in [0.1, 0.15) is 6.42 Å². The maximum absolute atomic E-state index is 12.2. The highest BCUT2D eigenvalue weighted by atomic mass is 16.5. The fraction of sp³-hybridized carbons (Fsp3) is 0.286. The Balaban J connectivity index is 1.60. The van der Waals surface area contributed by atoms with E-state index in [9.17, 15) is 9.59 Å². The predicted molar refractivity (Wildman–Crippen MR) is 110 cm³/mol. The van der Waals surface area contributed by atoms with Gasteiger partial charge in [0.15, 0.2) is 5.96 Å². The average Bonchev–Trinajstić information content (AvgIpc) is 3.01. The molecule has 1 heterocycles. The molecule has 0 radical (unpaired) electrons.